The van der Waals surface area contributed by atoms with Crippen molar-refractivity contribution < 1.29 is 4.39 Å². The van der Waals surface area contributed by atoms with Gasteiger partial charge in [-0.05, 0) is 17.5 Å². The molecule has 0 radical (unpaired) electrons. The van der Waals surface area contributed by atoms with Gasteiger partial charge >= 0.3 is 0 Å². The largest absolute Gasteiger partial charge is 0.342 e. The first kappa shape index (κ1) is 10.1. The molecule has 0 saturated heterocycles. The maximum atomic E-state index is 13.3. The molecule has 1 heterocycles. The Morgan fingerprint density at radius 3 is 2.67 bits per heavy atom. The highest BCUT2D eigenvalue weighted by Gasteiger charge is 2.15. The van der Waals surface area contributed by atoms with Crippen LogP contribution in [0.5, 0.6) is 0 Å². The number of nitrogens with zero attached hydrogens (tertiary/aromatic N) is 1. The van der Waals surface area contributed by atoms with Gasteiger partial charge < -0.3 is 4.98 Å². The lowest BCUT2D eigenvalue weighted by molar-refractivity contribution is 0.402. The number of benzene rings is 1. The van der Waals surface area contributed by atoms with Gasteiger partial charge in [-0.15, -0.1) is 0 Å². The van der Waals surface area contributed by atoms with Gasteiger partial charge in [0.05, 0.1) is 5.52 Å². The number of H-pyrrole nitrogens is 1. The third-order valence-corrected chi connectivity index (χ3v) is 2.21. The Bertz CT molecular complexity index is 480. The Morgan fingerprint density at radius 1 is 1.33 bits per heavy atom. The molecule has 0 amide bonds. The van der Waals surface area contributed by atoms with Crippen molar-refractivity contribution in [3.8, 4) is 0 Å². The molecule has 0 bridgehead atoms. The van der Waals surface area contributed by atoms with Crippen LogP contribution in [0, 0.1) is 11.2 Å². The molecule has 0 unspecified atom stereocenters. The monoisotopic (exact) mass is 206 g/mol. The molecule has 1 aromatic carbocycles. The Morgan fingerprint density at radius 2 is 2.07 bits per heavy atom. The minimum atomic E-state index is -0.260. The van der Waals surface area contributed by atoms with E-state index in [9.17, 15) is 4.39 Å². The van der Waals surface area contributed by atoms with Crippen LogP contribution < -0.4 is 0 Å². The zero-order valence-electron chi connectivity index (χ0n) is 9.26. The molecule has 0 spiro atoms. The standard InChI is InChI=1S/C12H15FN2/c1-12(2,3)7-10-14-9-6-4-5-8(13)11(9)15-10/h4-6H,7H2,1-3H3,(H,14,15). The van der Waals surface area contributed by atoms with Gasteiger partial charge in [-0.25, -0.2) is 9.37 Å². The summed E-state index contributed by atoms with van der Waals surface area (Å²) in [5.41, 5.74) is 1.37. The Kier molecular flexibility index (Phi) is 2.25. The van der Waals surface area contributed by atoms with E-state index in [0.29, 0.717) is 5.52 Å². The number of hydrogen-bond donors (Lipinski definition) is 1. The topological polar surface area (TPSA) is 28.7 Å². The van der Waals surface area contributed by atoms with Gasteiger partial charge in [-0.3, -0.25) is 0 Å². The summed E-state index contributed by atoms with van der Waals surface area (Å²) in [5, 5.41) is 0. The number of nitrogens with one attached hydrogen (secondary N) is 1. The van der Waals surface area contributed by atoms with E-state index in [1.165, 1.54) is 6.07 Å². The summed E-state index contributed by atoms with van der Waals surface area (Å²) in [5.74, 6) is 0.589. The van der Waals surface area contributed by atoms with Crippen LogP contribution >= 0.6 is 0 Å². The van der Waals surface area contributed by atoms with Crippen LogP contribution in [0.15, 0.2) is 18.2 Å². The van der Waals surface area contributed by atoms with Crippen molar-refractivity contribution in [3.63, 3.8) is 0 Å². The maximum absolute atomic E-state index is 13.3. The Labute approximate surface area is 88.5 Å². The van der Waals surface area contributed by atoms with Crippen molar-refractivity contribution in [2.75, 3.05) is 0 Å². The lowest BCUT2D eigenvalue weighted by Crippen LogP contribution is -2.10. The van der Waals surface area contributed by atoms with E-state index < -0.39 is 0 Å². The normalized spacial score (nSPS) is 12.3. The highest BCUT2D eigenvalue weighted by molar-refractivity contribution is 5.75. The first-order chi connectivity index (χ1) is 6.96. The van der Waals surface area contributed by atoms with Crippen LogP contribution in [0.1, 0.15) is 26.6 Å². The lowest BCUT2D eigenvalue weighted by Gasteiger charge is -2.15. The average molecular weight is 206 g/mol. The van der Waals surface area contributed by atoms with Gasteiger partial charge in [0.25, 0.3) is 0 Å². The Hall–Kier alpha value is -1.38. The molecule has 80 valence electrons. The summed E-state index contributed by atoms with van der Waals surface area (Å²) >= 11 is 0. The molecule has 0 atom stereocenters. The molecule has 0 aliphatic rings. The van der Waals surface area contributed by atoms with Crippen molar-refractivity contribution in [1.29, 1.82) is 0 Å². The zero-order valence-corrected chi connectivity index (χ0v) is 9.26. The third-order valence-electron chi connectivity index (χ3n) is 2.21. The van der Waals surface area contributed by atoms with Gasteiger partial charge in [-0.2, -0.15) is 0 Å². The van der Waals surface area contributed by atoms with Crippen molar-refractivity contribution >= 4 is 11.0 Å². The number of hydrogen-bond acceptors (Lipinski definition) is 1. The second-order valence-electron chi connectivity index (χ2n) is 5.06. The first-order valence-corrected chi connectivity index (χ1v) is 5.09. The molecule has 2 rings (SSSR count). The van der Waals surface area contributed by atoms with Crippen LogP contribution in [0.4, 0.5) is 4.39 Å². The minimum Gasteiger partial charge on any atom is -0.342 e. The van der Waals surface area contributed by atoms with E-state index in [4.69, 9.17) is 0 Å². The molecule has 3 heteroatoms. The highest BCUT2D eigenvalue weighted by atomic mass is 19.1. The summed E-state index contributed by atoms with van der Waals surface area (Å²) in [6.45, 7) is 6.41. The number of aromatic nitrogens is 2. The van der Waals surface area contributed by atoms with E-state index in [2.05, 4.69) is 30.7 Å². The van der Waals surface area contributed by atoms with Gasteiger partial charge in [0.1, 0.15) is 11.3 Å². The smallest absolute Gasteiger partial charge is 0.151 e. The highest BCUT2D eigenvalue weighted by Crippen LogP contribution is 2.21. The van der Waals surface area contributed by atoms with E-state index in [1.54, 1.807) is 6.07 Å². The van der Waals surface area contributed by atoms with Gasteiger partial charge in [0, 0.05) is 6.42 Å². The number of para-hydroxylation sites is 1. The molecule has 1 aromatic heterocycles. The quantitative estimate of drug-likeness (QED) is 0.762. The summed E-state index contributed by atoms with van der Waals surface area (Å²) in [6, 6.07) is 4.97. The van der Waals surface area contributed by atoms with E-state index in [-0.39, 0.29) is 11.2 Å². The molecule has 2 aromatic rings. The summed E-state index contributed by atoms with van der Waals surface area (Å²) in [7, 11) is 0. The average Bonchev–Trinajstić information content (AvgIpc) is 2.45. The van der Waals surface area contributed by atoms with Gasteiger partial charge in [0.2, 0.25) is 0 Å². The number of aromatic amines is 1. The van der Waals surface area contributed by atoms with Crippen molar-refractivity contribution in [2.45, 2.75) is 27.2 Å². The fourth-order valence-corrected chi connectivity index (χ4v) is 1.63. The van der Waals surface area contributed by atoms with Crippen LogP contribution in [0.25, 0.3) is 11.0 Å². The second kappa shape index (κ2) is 3.33. The molecule has 2 nitrogen and oxygen atoms in total. The van der Waals surface area contributed by atoms with E-state index in [1.807, 2.05) is 6.07 Å². The van der Waals surface area contributed by atoms with Crippen molar-refractivity contribution in [2.24, 2.45) is 5.41 Å². The van der Waals surface area contributed by atoms with E-state index >= 15 is 0 Å². The molecule has 0 aliphatic heterocycles. The Balaban J connectivity index is 2.44. The van der Waals surface area contributed by atoms with Crippen LogP contribution in [-0.4, -0.2) is 9.97 Å². The summed E-state index contributed by atoms with van der Waals surface area (Å²) < 4.78 is 13.3. The van der Waals surface area contributed by atoms with Gasteiger partial charge in [-0.1, -0.05) is 26.8 Å². The summed E-state index contributed by atoms with van der Waals surface area (Å²) in [6.07, 6.45) is 0.821. The number of fused-ring (bicyclic) bond motifs is 1. The van der Waals surface area contributed by atoms with E-state index in [0.717, 1.165) is 17.8 Å². The summed E-state index contributed by atoms with van der Waals surface area (Å²) in [4.78, 5) is 7.41. The number of imidazole rings is 1. The lowest BCUT2D eigenvalue weighted by atomic mass is 9.92. The first-order valence-electron chi connectivity index (χ1n) is 5.09. The molecular weight excluding hydrogens is 191 g/mol. The maximum Gasteiger partial charge on any atom is 0.151 e. The van der Waals surface area contributed by atoms with Gasteiger partial charge in [0.15, 0.2) is 5.82 Å². The fraction of sp³-hybridized carbons (Fsp3) is 0.417. The zero-order chi connectivity index (χ0) is 11.1. The van der Waals surface area contributed by atoms with Crippen molar-refractivity contribution in [3.05, 3.63) is 29.8 Å². The molecule has 0 saturated carbocycles. The van der Waals surface area contributed by atoms with Crippen LogP contribution in [0.3, 0.4) is 0 Å². The predicted molar refractivity (Wildman–Crippen MR) is 59.2 cm³/mol. The van der Waals surface area contributed by atoms with Crippen molar-refractivity contribution in [1.82, 2.24) is 9.97 Å². The fourth-order valence-electron chi connectivity index (χ4n) is 1.63. The van der Waals surface area contributed by atoms with Crippen LogP contribution in [0.2, 0.25) is 0 Å². The molecule has 15 heavy (non-hydrogen) atoms. The molecule has 1 N–H and O–H groups in total. The minimum absolute atomic E-state index is 0.157. The molecular formula is C12H15FN2. The molecule has 0 fully saturated rings. The third kappa shape index (κ3) is 2.17. The predicted octanol–water partition coefficient (Wildman–Crippen LogP) is 3.29. The van der Waals surface area contributed by atoms with Crippen LogP contribution in [-0.2, 0) is 6.42 Å². The number of halogens is 1. The number of rotatable bonds is 1. The molecule has 0 aliphatic carbocycles. The SMILES string of the molecule is CC(C)(C)Cc1nc2c(F)cccc2[nH]1. The second-order valence-corrected chi connectivity index (χ2v) is 5.06.